The lowest BCUT2D eigenvalue weighted by Gasteiger charge is -2.37. The van der Waals surface area contributed by atoms with E-state index >= 15 is 0 Å². The molecule has 2 heterocycles. The first kappa shape index (κ1) is 24.1. The van der Waals surface area contributed by atoms with Crippen LogP contribution in [0.15, 0.2) is 23.2 Å². The number of anilines is 1. The van der Waals surface area contributed by atoms with Gasteiger partial charge in [-0.1, -0.05) is 0 Å². The summed E-state index contributed by atoms with van der Waals surface area (Å²) in [7, 11) is 0. The van der Waals surface area contributed by atoms with Crippen LogP contribution >= 0.6 is 24.0 Å². The highest BCUT2D eigenvalue weighted by Gasteiger charge is 2.22. The highest BCUT2D eigenvalue weighted by atomic mass is 127. The van der Waals surface area contributed by atoms with Crippen LogP contribution in [0, 0.1) is 11.6 Å². The van der Waals surface area contributed by atoms with Crippen molar-refractivity contribution in [2.45, 2.75) is 32.6 Å². The minimum Gasteiger partial charge on any atom is -0.366 e. The van der Waals surface area contributed by atoms with Crippen LogP contribution in [0.1, 0.15) is 32.6 Å². The molecule has 5 nitrogen and oxygen atoms in total. The highest BCUT2D eigenvalue weighted by Crippen LogP contribution is 2.22. The van der Waals surface area contributed by atoms with E-state index in [-0.39, 0.29) is 29.8 Å². The lowest BCUT2D eigenvalue weighted by molar-refractivity contribution is 0.330. The molecule has 0 amide bonds. The fourth-order valence-corrected chi connectivity index (χ4v) is 3.95. The van der Waals surface area contributed by atoms with Gasteiger partial charge in [0.2, 0.25) is 0 Å². The summed E-state index contributed by atoms with van der Waals surface area (Å²) in [5.74, 6) is 0.166. The molecule has 0 bridgehead atoms. The Kier molecular flexibility index (Phi) is 10.4. The number of nitrogens with zero attached hydrogens (tertiary/aromatic N) is 4. The predicted molar refractivity (Wildman–Crippen MR) is 126 cm³/mol. The van der Waals surface area contributed by atoms with Crippen LogP contribution < -0.4 is 10.2 Å². The van der Waals surface area contributed by atoms with Crippen molar-refractivity contribution in [2.75, 3.05) is 63.8 Å². The van der Waals surface area contributed by atoms with Gasteiger partial charge in [-0.3, -0.25) is 4.99 Å². The predicted octanol–water partition coefficient (Wildman–Crippen LogP) is 3.55. The van der Waals surface area contributed by atoms with Crippen molar-refractivity contribution < 1.29 is 8.78 Å². The summed E-state index contributed by atoms with van der Waals surface area (Å²) in [6.45, 7) is 10.2. The zero-order valence-electron chi connectivity index (χ0n) is 17.4. The van der Waals surface area contributed by atoms with E-state index in [1.807, 2.05) is 4.90 Å². The van der Waals surface area contributed by atoms with Gasteiger partial charge >= 0.3 is 0 Å². The fraction of sp³-hybridized carbons (Fsp3) is 0.667. The standard InChI is InChI=1S/C21H33F2N5.HI/c1-2-24-21(25-9-3-4-10-26-11-5-6-12-26)28-15-13-27(14-16-28)20-17-18(22)7-8-19(20)23;/h7-8,17H,2-6,9-16H2,1H3,(H,24,25);1H. The second-order valence-electron chi connectivity index (χ2n) is 7.56. The zero-order valence-corrected chi connectivity index (χ0v) is 19.7. The smallest absolute Gasteiger partial charge is 0.194 e. The third-order valence-corrected chi connectivity index (χ3v) is 5.51. The summed E-state index contributed by atoms with van der Waals surface area (Å²) in [6, 6.07) is 3.64. The first-order valence-corrected chi connectivity index (χ1v) is 10.6. The van der Waals surface area contributed by atoms with E-state index in [1.165, 1.54) is 51.0 Å². The number of aliphatic imine (C=N–C) groups is 1. The quantitative estimate of drug-likeness (QED) is 0.258. The van der Waals surface area contributed by atoms with Crippen molar-refractivity contribution in [3.8, 4) is 0 Å². The molecule has 0 saturated carbocycles. The second-order valence-corrected chi connectivity index (χ2v) is 7.56. The van der Waals surface area contributed by atoms with Crippen molar-refractivity contribution in [3.05, 3.63) is 29.8 Å². The summed E-state index contributed by atoms with van der Waals surface area (Å²) in [4.78, 5) is 11.5. The number of guanidine groups is 1. The van der Waals surface area contributed by atoms with E-state index in [1.54, 1.807) is 0 Å². The van der Waals surface area contributed by atoms with Gasteiger partial charge in [0, 0.05) is 45.3 Å². The number of hydrogen-bond acceptors (Lipinski definition) is 3. The number of likely N-dealkylation sites (tertiary alicyclic amines) is 1. The molecule has 0 spiro atoms. The highest BCUT2D eigenvalue weighted by molar-refractivity contribution is 14.0. The van der Waals surface area contributed by atoms with Crippen LogP contribution in [-0.2, 0) is 0 Å². The number of hydrogen-bond donors (Lipinski definition) is 1. The molecule has 1 aromatic carbocycles. The van der Waals surface area contributed by atoms with Gasteiger partial charge in [-0.25, -0.2) is 8.78 Å². The van der Waals surface area contributed by atoms with Crippen LogP contribution in [0.5, 0.6) is 0 Å². The van der Waals surface area contributed by atoms with Crippen LogP contribution in [0.2, 0.25) is 0 Å². The largest absolute Gasteiger partial charge is 0.366 e. The molecule has 29 heavy (non-hydrogen) atoms. The number of piperazine rings is 1. The van der Waals surface area contributed by atoms with Crippen molar-refractivity contribution in [1.82, 2.24) is 15.1 Å². The number of rotatable bonds is 7. The first-order chi connectivity index (χ1) is 13.7. The topological polar surface area (TPSA) is 34.1 Å². The lowest BCUT2D eigenvalue weighted by atomic mass is 10.2. The van der Waals surface area contributed by atoms with E-state index in [9.17, 15) is 8.78 Å². The van der Waals surface area contributed by atoms with E-state index in [0.717, 1.165) is 44.6 Å². The van der Waals surface area contributed by atoms with Gasteiger partial charge in [0.15, 0.2) is 5.96 Å². The monoisotopic (exact) mass is 521 g/mol. The molecule has 164 valence electrons. The normalized spacial score (nSPS) is 18.1. The molecule has 0 unspecified atom stereocenters. The molecule has 0 radical (unpaired) electrons. The Morgan fingerprint density at radius 3 is 2.45 bits per heavy atom. The van der Waals surface area contributed by atoms with E-state index in [2.05, 4.69) is 22.0 Å². The Morgan fingerprint density at radius 1 is 1.03 bits per heavy atom. The molecule has 2 fully saturated rings. The van der Waals surface area contributed by atoms with Gasteiger partial charge < -0.3 is 20.0 Å². The minimum absolute atomic E-state index is 0. The molecular formula is C21H34F2IN5. The van der Waals surface area contributed by atoms with E-state index < -0.39 is 5.82 Å². The molecule has 0 aliphatic carbocycles. The Bertz CT molecular complexity index is 644. The Hall–Kier alpha value is -1.16. The summed E-state index contributed by atoms with van der Waals surface area (Å²) in [5.41, 5.74) is 0.350. The van der Waals surface area contributed by atoms with Crippen molar-refractivity contribution in [3.63, 3.8) is 0 Å². The maximum Gasteiger partial charge on any atom is 0.194 e. The van der Waals surface area contributed by atoms with Gasteiger partial charge in [0.1, 0.15) is 11.6 Å². The summed E-state index contributed by atoms with van der Waals surface area (Å²) < 4.78 is 27.5. The molecule has 3 rings (SSSR count). The number of nitrogens with one attached hydrogen (secondary N) is 1. The van der Waals surface area contributed by atoms with Crippen molar-refractivity contribution >= 4 is 35.6 Å². The lowest BCUT2D eigenvalue weighted by Crippen LogP contribution is -2.52. The van der Waals surface area contributed by atoms with Crippen LogP contribution in [0.3, 0.4) is 0 Å². The average molecular weight is 521 g/mol. The number of unbranched alkanes of at least 4 members (excludes halogenated alkanes) is 1. The fourth-order valence-electron chi connectivity index (χ4n) is 3.95. The van der Waals surface area contributed by atoms with Crippen LogP contribution in [0.25, 0.3) is 0 Å². The molecule has 0 atom stereocenters. The van der Waals surface area contributed by atoms with Gasteiger partial charge in [-0.15, -0.1) is 24.0 Å². The summed E-state index contributed by atoms with van der Waals surface area (Å²) in [6.07, 6.45) is 4.97. The average Bonchev–Trinajstić information content (AvgIpc) is 3.22. The maximum atomic E-state index is 14.0. The molecule has 1 N–H and O–H groups in total. The van der Waals surface area contributed by atoms with Crippen molar-refractivity contribution in [1.29, 1.82) is 0 Å². The van der Waals surface area contributed by atoms with Crippen LogP contribution in [0.4, 0.5) is 14.5 Å². The SMILES string of the molecule is CCNC(=NCCCCN1CCCC1)N1CCN(c2cc(F)ccc2F)CC1.I. The third kappa shape index (κ3) is 7.24. The number of halogens is 3. The Labute approximate surface area is 190 Å². The van der Waals surface area contributed by atoms with Gasteiger partial charge in [0.05, 0.1) is 5.69 Å². The summed E-state index contributed by atoms with van der Waals surface area (Å²) >= 11 is 0. The molecular weight excluding hydrogens is 487 g/mol. The van der Waals surface area contributed by atoms with Gasteiger partial charge in [0.25, 0.3) is 0 Å². The number of benzene rings is 1. The first-order valence-electron chi connectivity index (χ1n) is 10.6. The zero-order chi connectivity index (χ0) is 19.8. The Morgan fingerprint density at radius 2 is 1.76 bits per heavy atom. The third-order valence-electron chi connectivity index (χ3n) is 5.51. The molecule has 8 heteroatoms. The van der Waals surface area contributed by atoms with E-state index in [4.69, 9.17) is 4.99 Å². The van der Waals surface area contributed by atoms with Crippen LogP contribution in [-0.4, -0.2) is 74.7 Å². The summed E-state index contributed by atoms with van der Waals surface area (Å²) in [5, 5.41) is 3.37. The van der Waals surface area contributed by atoms with Crippen molar-refractivity contribution in [2.24, 2.45) is 4.99 Å². The molecule has 2 saturated heterocycles. The molecule has 0 aromatic heterocycles. The van der Waals surface area contributed by atoms with Gasteiger partial charge in [-0.05, 0) is 64.4 Å². The minimum atomic E-state index is -0.400. The molecule has 2 aliphatic rings. The molecule has 1 aromatic rings. The maximum absolute atomic E-state index is 14.0. The van der Waals surface area contributed by atoms with E-state index in [0.29, 0.717) is 18.8 Å². The Balaban J connectivity index is 0.00000300. The molecule has 2 aliphatic heterocycles. The second kappa shape index (κ2) is 12.5. The van der Waals surface area contributed by atoms with Gasteiger partial charge in [-0.2, -0.15) is 0 Å².